The molecule has 7 nitrogen and oxygen atoms in total. The van der Waals surface area contributed by atoms with E-state index in [1.54, 1.807) is 6.26 Å². The van der Waals surface area contributed by atoms with Gasteiger partial charge in [-0.15, -0.1) is 24.0 Å². The Morgan fingerprint density at radius 1 is 1.18 bits per heavy atom. The Morgan fingerprint density at radius 2 is 1.97 bits per heavy atom. The number of aryl methyl sites for hydroxylation is 1. The van der Waals surface area contributed by atoms with Crippen LogP contribution in [-0.2, 0) is 24.0 Å². The lowest BCUT2D eigenvalue weighted by Gasteiger charge is -2.33. The number of rotatable bonds is 8. The van der Waals surface area contributed by atoms with E-state index in [-0.39, 0.29) is 24.0 Å². The maximum Gasteiger partial charge on any atom is 0.191 e. The van der Waals surface area contributed by atoms with Crippen LogP contribution in [0.1, 0.15) is 30.2 Å². The van der Waals surface area contributed by atoms with Crippen LogP contribution in [0.2, 0.25) is 0 Å². The van der Waals surface area contributed by atoms with Gasteiger partial charge in [0.2, 0.25) is 0 Å². The fourth-order valence-electron chi connectivity index (χ4n) is 4.47. The second kappa shape index (κ2) is 12.7. The molecule has 4 rings (SSSR count). The summed E-state index contributed by atoms with van der Waals surface area (Å²) >= 11 is 0. The summed E-state index contributed by atoms with van der Waals surface area (Å²) in [5, 5.41) is 18.0. The van der Waals surface area contributed by atoms with E-state index >= 15 is 0 Å². The van der Waals surface area contributed by atoms with Crippen LogP contribution in [0.25, 0.3) is 0 Å². The van der Waals surface area contributed by atoms with E-state index in [2.05, 4.69) is 39.8 Å². The minimum absolute atomic E-state index is 0. The zero-order valence-electron chi connectivity index (χ0n) is 19.5. The van der Waals surface area contributed by atoms with Crippen molar-refractivity contribution >= 4 is 29.9 Å². The highest BCUT2D eigenvalue weighted by Crippen LogP contribution is 2.21. The van der Waals surface area contributed by atoms with Gasteiger partial charge in [-0.25, -0.2) is 0 Å². The van der Waals surface area contributed by atoms with Crippen molar-refractivity contribution in [1.29, 1.82) is 0 Å². The van der Waals surface area contributed by atoms with Crippen molar-refractivity contribution in [2.24, 2.45) is 4.99 Å². The highest BCUT2D eigenvalue weighted by molar-refractivity contribution is 14.0. The number of morpholine rings is 1. The number of halogens is 1. The Morgan fingerprint density at radius 3 is 2.73 bits per heavy atom. The van der Waals surface area contributed by atoms with E-state index in [1.807, 2.05) is 19.1 Å². The second-order valence-corrected chi connectivity index (χ2v) is 9.16. The monoisotopic (exact) mass is 568 g/mol. The number of β-amino-alcohol motifs (C(OH)–C–C–N with tert-alkyl or cyclic N) is 1. The van der Waals surface area contributed by atoms with E-state index < -0.39 is 5.60 Å². The van der Waals surface area contributed by atoms with E-state index in [9.17, 15) is 5.11 Å². The van der Waals surface area contributed by atoms with Gasteiger partial charge in [-0.05, 0) is 49.4 Å². The zero-order chi connectivity index (χ0) is 22.2. The molecule has 0 saturated carbocycles. The molecule has 0 spiro atoms. The number of aliphatic imine (C=N–C) groups is 1. The molecule has 33 heavy (non-hydrogen) atoms. The number of nitrogens with zero attached hydrogens (tertiary/aromatic N) is 2. The molecule has 0 amide bonds. The van der Waals surface area contributed by atoms with Gasteiger partial charge in [-0.1, -0.05) is 24.3 Å². The molecule has 1 aliphatic heterocycles. The van der Waals surface area contributed by atoms with Gasteiger partial charge < -0.3 is 24.9 Å². The van der Waals surface area contributed by atoms with Gasteiger partial charge in [0.15, 0.2) is 5.96 Å². The summed E-state index contributed by atoms with van der Waals surface area (Å²) in [4.78, 5) is 7.03. The zero-order valence-corrected chi connectivity index (χ0v) is 21.8. The lowest BCUT2D eigenvalue weighted by molar-refractivity contribution is -0.0180. The molecular weight excluding hydrogens is 531 g/mol. The molecule has 1 fully saturated rings. The van der Waals surface area contributed by atoms with Crippen molar-refractivity contribution in [3.8, 4) is 0 Å². The molecule has 1 aliphatic carbocycles. The summed E-state index contributed by atoms with van der Waals surface area (Å²) in [6, 6.07) is 12.9. The van der Waals surface area contributed by atoms with Crippen LogP contribution in [-0.4, -0.2) is 73.5 Å². The fraction of sp³-hybridized carbons (Fsp3) is 0.560. The van der Waals surface area contributed by atoms with Crippen LogP contribution in [0.3, 0.4) is 0 Å². The topological polar surface area (TPSA) is 82.3 Å². The highest BCUT2D eigenvalue weighted by Gasteiger charge is 2.26. The molecule has 1 saturated heterocycles. The predicted molar refractivity (Wildman–Crippen MR) is 141 cm³/mol. The standard InChI is InChI=1S/C25H36N4O3.HI/c1-25(30,19-29-12-15-31-16-13-29)18-27-24(26-11-10-23-7-4-14-32-23)28-22-9-8-20-5-2-3-6-21(20)17-22;/h2-7,14,22,30H,8-13,15-19H2,1H3,(H2,26,27,28);1H. The number of hydrogen-bond donors (Lipinski definition) is 3. The number of benzene rings is 1. The van der Waals surface area contributed by atoms with Gasteiger partial charge in [-0.3, -0.25) is 9.89 Å². The Kier molecular flexibility index (Phi) is 10.0. The minimum Gasteiger partial charge on any atom is -0.469 e. The predicted octanol–water partition coefficient (Wildman–Crippen LogP) is 2.62. The average molecular weight is 569 g/mol. The van der Waals surface area contributed by atoms with Gasteiger partial charge in [0.25, 0.3) is 0 Å². The highest BCUT2D eigenvalue weighted by atomic mass is 127. The van der Waals surface area contributed by atoms with Crippen molar-refractivity contribution in [2.45, 2.75) is 44.2 Å². The van der Waals surface area contributed by atoms with Crippen molar-refractivity contribution < 1.29 is 14.3 Å². The third-order valence-electron chi connectivity index (χ3n) is 6.18. The molecule has 8 heteroatoms. The molecule has 1 aromatic carbocycles. The van der Waals surface area contributed by atoms with Crippen molar-refractivity contribution in [1.82, 2.24) is 15.5 Å². The Bertz CT molecular complexity index is 866. The Balaban J connectivity index is 0.00000306. The number of fused-ring (bicyclic) bond motifs is 1. The summed E-state index contributed by atoms with van der Waals surface area (Å²) in [5.41, 5.74) is 1.96. The summed E-state index contributed by atoms with van der Waals surface area (Å²) in [6.07, 6.45) is 5.61. The summed E-state index contributed by atoms with van der Waals surface area (Å²) in [7, 11) is 0. The first-order valence-corrected chi connectivity index (χ1v) is 11.7. The third kappa shape index (κ3) is 8.27. The number of hydrogen-bond acceptors (Lipinski definition) is 5. The lowest BCUT2D eigenvalue weighted by atomic mass is 9.88. The number of nitrogens with one attached hydrogen (secondary N) is 2. The largest absolute Gasteiger partial charge is 0.469 e. The van der Waals surface area contributed by atoms with E-state index in [1.165, 1.54) is 11.1 Å². The minimum atomic E-state index is -0.897. The van der Waals surface area contributed by atoms with Crippen LogP contribution in [0.15, 0.2) is 52.1 Å². The number of ether oxygens (including phenoxy) is 1. The van der Waals surface area contributed by atoms with Crippen LogP contribution in [0, 0.1) is 0 Å². The molecule has 2 atom stereocenters. The Labute approximate surface area is 214 Å². The molecule has 0 radical (unpaired) electrons. The lowest BCUT2D eigenvalue weighted by Crippen LogP contribution is -2.49. The van der Waals surface area contributed by atoms with Gasteiger partial charge in [0.1, 0.15) is 5.76 Å². The fourth-order valence-corrected chi connectivity index (χ4v) is 4.47. The first-order chi connectivity index (χ1) is 15.6. The van der Waals surface area contributed by atoms with Gasteiger partial charge in [-0.2, -0.15) is 0 Å². The number of aliphatic hydroxyl groups is 1. The molecule has 182 valence electrons. The maximum atomic E-state index is 11.0. The van der Waals surface area contributed by atoms with Gasteiger partial charge in [0.05, 0.1) is 31.6 Å². The molecule has 2 aromatic rings. The molecule has 0 bridgehead atoms. The maximum absolute atomic E-state index is 11.0. The smallest absolute Gasteiger partial charge is 0.191 e. The number of furan rings is 1. The van der Waals surface area contributed by atoms with Crippen LogP contribution in [0.4, 0.5) is 0 Å². The van der Waals surface area contributed by atoms with E-state index in [0.717, 1.165) is 63.7 Å². The van der Waals surface area contributed by atoms with Crippen LogP contribution >= 0.6 is 24.0 Å². The first-order valence-electron chi connectivity index (χ1n) is 11.7. The quantitative estimate of drug-likeness (QED) is 0.258. The van der Waals surface area contributed by atoms with Crippen molar-refractivity contribution in [3.63, 3.8) is 0 Å². The summed E-state index contributed by atoms with van der Waals surface area (Å²) in [6.45, 7) is 6.67. The molecular formula is C25H37IN4O3. The first kappa shape index (κ1) is 26.0. The summed E-state index contributed by atoms with van der Waals surface area (Å²) < 4.78 is 10.9. The van der Waals surface area contributed by atoms with Gasteiger partial charge in [0, 0.05) is 38.6 Å². The van der Waals surface area contributed by atoms with Gasteiger partial charge >= 0.3 is 0 Å². The molecule has 2 unspecified atom stereocenters. The van der Waals surface area contributed by atoms with E-state index in [0.29, 0.717) is 25.7 Å². The molecule has 1 aromatic heterocycles. The van der Waals surface area contributed by atoms with Crippen molar-refractivity contribution in [3.05, 3.63) is 59.5 Å². The van der Waals surface area contributed by atoms with E-state index in [4.69, 9.17) is 14.1 Å². The molecule has 3 N–H and O–H groups in total. The normalized spacial score (nSPS) is 20.9. The Hall–Kier alpha value is -1.62. The van der Waals surface area contributed by atoms with Crippen LogP contribution in [0.5, 0.6) is 0 Å². The third-order valence-corrected chi connectivity index (χ3v) is 6.18. The SMILES string of the molecule is CC(O)(CN=C(NCCc1ccco1)NC1CCc2ccccc2C1)CN1CCOCC1.I. The second-order valence-electron chi connectivity index (χ2n) is 9.16. The van der Waals surface area contributed by atoms with Crippen LogP contribution < -0.4 is 10.6 Å². The van der Waals surface area contributed by atoms with Crippen molar-refractivity contribution in [2.75, 3.05) is 45.9 Å². The summed E-state index contributed by atoms with van der Waals surface area (Å²) in [5.74, 6) is 1.70. The molecule has 2 heterocycles. The number of guanidine groups is 1. The average Bonchev–Trinajstić information content (AvgIpc) is 3.31. The molecule has 2 aliphatic rings.